The number of ether oxygens (including phenoxy) is 1. The second-order valence-corrected chi connectivity index (χ2v) is 5.79. The highest BCUT2D eigenvalue weighted by Gasteiger charge is 2.30. The summed E-state index contributed by atoms with van der Waals surface area (Å²) in [6, 6.07) is 11.1. The highest BCUT2D eigenvalue weighted by Crippen LogP contribution is 2.33. The molecular formula is C17H27NO. The van der Waals surface area contributed by atoms with Gasteiger partial charge in [-0.15, -0.1) is 0 Å². The van der Waals surface area contributed by atoms with Crippen molar-refractivity contribution < 1.29 is 4.74 Å². The van der Waals surface area contributed by atoms with Crippen molar-refractivity contribution in [3.8, 4) is 0 Å². The molecule has 19 heavy (non-hydrogen) atoms. The van der Waals surface area contributed by atoms with Crippen LogP contribution >= 0.6 is 0 Å². The van der Waals surface area contributed by atoms with Crippen LogP contribution in [0.15, 0.2) is 30.3 Å². The van der Waals surface area contributed by atoms with E-state index >= 15 is 0 Å². The van der Waals surface area contributed by atoms with Crippen LogP contribution in [0, 0.1) is 5.92 Å². The molecule has 1 atom stereocenters. The van der Waals surface area contributed by atoms with Crippen molar-refractivity contribution in [1.82, 2.24) is 0 Å². The molecule has 1 aliphatic carbocycles. The molecule has 2 nitrogen and oxygen atoms in total. The first-order valence-corrected chi connectivity index (χ1v) is 7.69. The lowest BCUT2D eigenvalue weighted by Gasteiger charge is -2.36. The van der Waals surface area contributed by atoms with Gasteiger partial charge in [-0.05, 0) is 56.9 Å². The third-order valence-electron chi connectivity index (χ3n) is 4.11. The van der Waals surface area contributed by atoms with Gasteiger partial charge in [-0.1, -0.05) is 30.3 Å². The maximum atomic E-state index is 6.23. The zero-order valence-corrected chi connectivity index (χ0v) is 12.1. The lowest BCUT2D eigenvalue weighted by atomic mass is 9.77. The number of rotatable bonds is 8. The Balaban J connectivity index is 1.54. The van der Waals surface area contributed by atoms with Gasteiger partial charge in [-0.25, -0.2) is 0 Å². The number of aryl methyl sites for hydroxylation is 1. The molecule has 1 aliphatic rings. The van der Waals surface area contributed by atoms with Crippen LogP contribution in [-0.4, -0.2) is 18.8 Å². The monoisotopic (exact) mass is 261 g/mol. The van der Waals surface area contributed by atoms with Crippen LogP contribution in [0.5, 0.6) is 0 Å². The highest BCUT2D eigenvalue weighted by atomic mass is 16.5. The lowest BCUT2D eigenvalue weighted by Crippen LogP contribution is -2.35. The average molecular weight is 261 g/mol. The Hall–Kier alpha value is -0.860. The van der Waals surface area contributed by atoms with Crippen LogP contribution in [0.3, 0.4) is 0 Å². The molecule has 0 amide bonds. The second-order valence-electron chi connectivity index (χ2n) is 5.79. The third kappa shape index (κ3) is 4.96. The summed E-state index contributed by atoms with van der Waals surface area (Å²) in [5.74, 6) is 0.809. The summed E-state index contributed by atoms with van der Waals surface area (Å²) in [7, 11) is 0. The minimum atomic E-state index is 0.372. The topological polar surface area (TPSA) is 35.2 Å². The Kier molecular flexibility index (Phi) is 5.87. The van der Waals surface area contributed by atoms with Crippen molar-refractivity contribution in [2.45, 2.75) is 57.6 Å². The number of benzene rings is 1. The summed E-state index contributed by atoms with van der Waals surface area (Å²) >= 11 is 0. The average Bonchev–Trinajstić information content (AvgIpc) is 2.37. The standard InChI is InChI=1S/C17H27NO/c1-2-19-17-12-15(13-17)11-16(18)10-6-9-14-7-4-3-5-8-14/h3-5,7-8,15-17H,2,6,9-13,18H2,1H3. The van der Waals surface area contributed by atoms with Gasteiger partial charge in [0.05, 0.1) is 6.10 Å². The molecule has 0 bridgehead atoms. The summed E-state index contributed by atoms with van der Waals surface area (Å²) in [4.78, 5) is 0. The Bertz CT molecular complexity index is 346. The Morgan fingerprint density at radius 2 is 2.00 bits per heavy atom. The van der Waals surface area contributed by atoms with Gasteiger partial charge in [0.2, 0.25) is 0 Å². The normalized spacial score (nSPS) is 23.9. The van der Waals surface area contributed by atoms with Gasteiger partial charge < -0.3 is 10.5 Å². The Labute approximate surface area is 117 Å². The van der Waals surface area contributed by atoms with Crippen LogP contribution in [0.25, 0.3) is 0 Å². The van der Waals surface area contributed by atoms with E-state index in [-0.39, 0.29) is 0 Å². The van der Waals surface area contributed by atoms with Crippen molar-refractivity contribution in [2.75, 3.05) is 6.61 Å². The number of hydrogen-bond donors (Lipinski definition) is 1. The molecule has 2 rings (SSSR count). The van der Waals surface area contributed by atoms with Crippen LogP contribution in [0.4, 0.5) is 0 Å². The van der Waals surface area contributed by atoms with E-state index in [0.717, 1.165) is 25.4 Å². The van der Waals surface area contributed by atoms with Gasteiger partial charge >= 0.3 is 0 Å². The van der Waals surface area contributed by atoms with Crippen LogP contribution in [0.1, 0.15) is 44.6 Å². The Morgan fingerprint density at radius 1 is 1.26 bits per heavy atom. The summed E-state index contributed by atoms with van der Waals surface area (Å²) in [5.41, 5.74) is 7.65. The van der Waals surface area contributed by atoms with Gasteiger partial charge in [0.25, 0.3) is 0 Å². The summed E-state index contributed by atoms with van der Waals surface area (Å²) in [6.45, 7) is 2.92. The van der Waals surface area contributed by atoms with Crippen LogP contribution in [0.2, 0.25) is 0 Å². The van der Waals surface area contributed by atoms with Gasteiger partial charge in [0, 0.05) is 12.6 Å². The molecule has 1 fully saturated rings. The maximum Gasteiger partial charge on any atom is 0.0580 e. The van der Waals surface area contributed by atoms with Crippen LogP contribution < -0.4 is 5.73 Å². The first-order valence-electron chi connectivity index (χ1n) is 7.69. The second kappa shape index (κ2) is 7.66. The van der Waals surface area contributed by atoms with E-state index in [0.29, 0.717) is 12.1 Å². The van der Waals surface area contributed by atoms with Gasteiger partial charge in [-0.2, -0.15) is 0 Å². The summed E-state index contributed by atoms with van der Waals surface area (Å²) in [6.07, 6.45) is 7.64. The van der Waals surface area contributed by atoms with Gasteiger partial charge in [-0.3, -0.25) is 0 Å². The SMILES string of the molecule is CCOC1CC(CC(N)CCCc2ccccc2)C1. The molecule has 0 spiro atoms. The quantitative estimate of drug-likeness (QED) is 0.777. The van der Waals surface area contributed by atoms with E-state index in [1.54, 1.807) is 0 Å². The first kappa shape index (κ1) is 14.5. The summed E-state index contributed by atoms with van der Waals surface area (Å²) in [5, 5.41) is 0. The van der Waals surface area contributed by atoms with E-state index in [1.807, 2.05) is 0 Å². The molecule has 2 heteroatoms. The van der Waals surface area contributed by atoms with Gasteiger partial charge in [0.1, 0.15) is 0 Å². The lowest BCUT2D eigenvalue weighted by molar-refractivity contribution is -0.0283. The number of hydrogen-bond acceptors (Lipinski definition) is 2. The molecule has 2 N–H and O–H groups in total. The molecule has 0 heterocycles. The molecule has 1 saturated carbocycles. The minimum Gasteiger partial charge on any atom is -0.378 e. The van der Waals surface area contributed by atoms with E-state index in [1.165, 1.54) is 31.2 Å². The number of nitrogens with two attached hydrogens (primary N) is 1. The fourth-order valence-electron chi connectivity index (χ4n) is 3.00. The van der Waals surface area contributed by atoms with Crippen molar-refractivity contribution in [3.05, 3.63) is 35.9 Å². The van der Waals surface area contributed by atoms with Crippen molar-refractivity contribution in [3.63, 3.8) is 0 Å². The van der Waals surface area contributed by atoms with E-state index in [9.17, 15) is 0 Å². The van der Waals surface area contributed by atoms with Crippen molar-refractivity contribution in [2.24, 2.45) is 11.7 Å². The molecule has 1 aromatic carbocycles. The van der Waals surface area contributed by atoms with Gasteiger partial charge in [0.15, 0.2) is 0 Å². The predicted molar refractivity (Wildman–Crippen MR) is 80.1 cm³/mol. The fraction of sp³-hybridized carbons (Fsp3) is 0.647. The maximum absolute atomic E-state index is 6.23. The largest absolute Gasteiger partial charge is 0.378 e. The predicted octanol–water partition coefficient (Wildman–Crippen LogP) is 3.54. The zero-order valence-electron chi connectivity index (χ0n) is 12.1. The van der Waals surface area contributed by atoms with Crippen molar-refractivity contribution in [1.29, 1.82) is 0 Å². The van der Waals surface area contributed by atoms with E-state index in [4.69, 9.17) is 10.5 Å². The molecule has 106 valence electrons. The summed E-state index contributed by atoms with van der Waals surface area (Å²) < 4.78 is 5.59. The van der Waals surface area contributed by atoms with E-state index in [2.05, 4.69) is 37.3 Å². The van der Waals surface area contributed by atoms with Crippen molar-refractivity contribution >= 4 is 0 Å². The molecule has 0 saturated heterocycles. The fourth-order valence-corrected chi connectivity index (χ4v) is 3.00. The smallest absolute Gasteiger partial charge is 0.0580 e. The van der Waals surface area contributed by atoms with E-state index < -0.39 is 0 Å². The molecular weight excluding hydrogens is 234 g/mol. The Morgan fingerprint density at radius 3 is 2.68 bits per heavy atom. The molecule has 0 radical (unpaired) electrons. The third-order valence-corrected chi connectivity index (χ3v) is 4.11. The molecule has 1 unspecified atom stereocenters. The first-order chi connectivity index (χ1) is 9.28. The molecule has 0 aliphatic heterocycles. The minimum absolute atomic E-state index is 0.372. The highest BCUT2D eigenvalue weighted by molar-refractivity contribution is 5.14. The zero-order chi connectivity index (χ0) is 13.5. The molecule has 1 aromatic rings. The molecule has 0 aromatic heterocycles. The van der Waals surface area contributed by atoms with Crippen LogP contribution in [-0.2, 0) is 11.2 Å².